The Kier molecular flexibility index (Phi) is 4.44. The van der Waals surface area contributed by atoms with Gasteiger partial charge in [-0.2, -0.15) is 0 Å². The quantitative estimate of drug-likeness (QED) is 0.524. The molecule has 3 aromatic heterocycles. The minimum Gasteiger partial charge on any atom is -0.333 e. The third kappa shape index (κ3) is 3.33. The number of urea groups is 1. The number of thiazole rings is 1. The molecule has 2 N–H and O–H groups in total. The number of benzene rings is 1. The van der Waals surface area contributed by atoms with Gasteiger partial charge in [-0.1, -0.05) is 11.3 Å². The zero-order valence-electron chi connectivity index (χ0n) is 13.8. The number of hydrogen-bond acceptors (Lipinski definition) is 4. The van der Waals surface area contributed by atoms with Crippen molar-refractivity contribution >= 4 is 38.7 Å². The molecule has 3 heterocycles. The predicted molar refractivity (Wildman–Crippen MR) is 103 cm³/mol. The van der Waals surface area contributed by atoms with E-state index >= 15 is 0 Å². The van der Waals surface area contributed by atoms with E-state index in [4.69, 9.17) is 0 Å². The first-order chi connectivity index (χ1) is 12.6. The van der Waals surface area contributed by atoms with Crippen LogP contribution in [0.15, 0.2) is 48.0 Å². The Balaban J connectivity index is 1.48. The van der Waals surface area contributed by atoms with Crippen LogP contribution in [0.1, 0.15) is 10.6 Å². The Labute approximate surface area is 157 Å². The van der Waals surface area contributed by atoms with Crippen molar-refractivity contribution in [2.75, 3.05) is 5.32 Å². The number of halogens is 1. The number of thiophene rings is 1. The SMILES string of the molecule is Cc1c(CNC(=O)Nc2cccs2)sc2nc(-c3ccc(F)cc3)cn12. The maximum absolute atomic E-state index is 13.1. The van der Waals surface area contributed by atoms with Crippen molar-refractivity contribution in [2.45, 2.75) is 13.5 Å². The Morgan fingerprint density at radius 3 is 2.77 bits per heavy atom. The normalized spacial score (nSPS) is 11.0. The molecule has 26 heavy (non-hydrogen) atoms. The number of carbonyl (C=O) groups excluding carboxylic acids is 1. The average Bonchev–Trinajstić information content (AvgIpc) is 3.33. The lowest BCUT2D eigenvalue weighted by atomic mass is 10.2. The van der Waals surface area contributed by atoms with Crippen molar-refractivity contribution in [3.05, 3.63) is 64.4 Å². The summed E-state index contributed by atoms with van der Waals surface area (Å²) in [6, 6.07) is 9.80. The summed E-state index contributed by atoms with van der Waals surface area (Å²) in [7, 11) is 0. The number of aromatic nitrogens is 2. The summed E-state index contributed by atoms with van der Waals surface area (Å²) in [5.41, 5.74) is 2.70. The lowest BCUT2D eigenvalue weighted by molar-refractivity contribution is 0.252. The number of rotatable bonds is 4. The zero-order valence-corrected chi connectivity index (χ0v) is 15.5. The Bertz CT molecular complexity index is 1050. The van der Waals surface area contributed by atoms with Crippen molar-refractivity contribution in [1.82, 2.24) is 14.7 Å². The van der Waals surface area contributed by atoms with E-state index in [1.807, 2.05) is 35.0 Å². The number of amides is 2. The van der Waals surface area contributed by atoms with Gasteiger partial charge in [0.15, 0.2) is 4.96 Å². The Morgan fingerprint density at radius 2 is 2.08 bits per heavy atom. The summed E-state index contributed by atoms with van der Waals surface area (Å²) < 4.78 is 15.1. The van der Waals surface area contributed by atoms with Crippen molar-refractivity contribution in [2.24, 2.45) is 0 Å². The highest BCUT2D eigenvalue weighted by molar-refractivity contribution is 7.17. The maximum atomic E-state index is 13.1. The van der Waals surface area contributed by atoms with Gasteiger partial charge >= 0.3 is 6.03 Å². The van der Waals surface area contributed by atoms with Crippen molar-refractivity contribution in [1.29, 1.82) is 0 Å². The minimum absolute atomic E-state index is 0.232. The van der Waals surface area contributed by atoms with Gasteiger partial charge in [-0.15, -0.1) is 11.3 Å². The van der Waals surface area contributed by atoms with Crippen LogP contribution in [-0.4, -0.2) is 15.4 Å². The second kappa shape index (κ2) is 6.89. The van der Waals surface area contributed by atoms with Crippen molar-refractivity contribution in [3.63, 3.8) is 0 Å². The number of carbonyl (C=O) groups is 1. The van der Waals surface area contributed by atoms with E-state index in [2.05, 4.69) is 15.6 Å². The highest BCUT2D eigenvalue weighted by Gasteiger charge is 2.13. The molecule has 0 fully saturated rings. The van der Waals surface area contributed by atoms with Gasteiger partial charge in [0.2, 0.25) is 0 Å². The fraction of sp³-hybridized carbons (Fsp3) is 0.111. The molecule has 8 heteroatoms. The van der Waals surface area contributed by atoms with Crippen LogP contribution in [0.25, 0.3) is 16.2 Å². The number of nitrogens with one attached hydrogen (secondary N) is 2. The van der Waals surface area contributed by atoms with E-state index < -0.39 is 0 Å². The van der Waals surface area contributed by atoms with Gasteiger partial charge in [-0.25, -0.2) is 14.2 Å². The fourth-order valence-corrected chi connectivity index (χ4v) is 4.24. The predicted octanol–water partition coefficient (Wildman–Crippen LogP) is 4.89. The van der Waals surface area contributed by atoms with Crippen LogP contribution in [-0.2, 0) is 6.54 Å². The molecule has 0 spiro atoms. The van der Waals surface area contributed by atoms with E-state index in [0.29, 0.717) is 6.54 Å². The summed E-state index contributed by atoms with van der Waals surface area (Å²) in [5.74, 6) is -0.264. The summed E-state index contributed by atoms with van der Waals surface area (Å²) in [6.45, 7) is 2.43. The largest absolute Gasteiger partial charge is 0.333 e. The average molecular weight is 386 g/mol. The number of anilines is 1. The van der Waals surface area contributed by atoms with Crippen LogP contribution in [0.5, 0.6) is 0 Å². The molecular weight excluding hydrogens is 371 g/mol. The molecule has 4 aromatic rings. The highest BCUT2D eigenvalue weighted by Crippen LogP contribution is 2.27. The van der Waals surface area contributed by atoms with E-state index in [-0.39, 0.29) is 11.8 Å². The first-order valence-corrected chi connectivity index (χ1v) is 9.61. The third-order valence-electron chi connectivity index (χ3n) is 3.96. The molecule has 2 amide bonds. The highest BCUT2D eigenvalue weighted by atomic mass is 32.1. The lowest BCUT2D eigenvalue weighted by Crippen LogP contribution is -2.27. The van der Waals surface area contributed by atoms with Crippen molar-refractivity contribution < 1.29 is 9.18 Å². The molecule has 132 valence electrons. The van der Waals surface area contributed by atoms with Crippen LogP contribution in [0.4, 0.5) is 14.2 Å². The molecule has 0 atom stereocenters. The number of nitrogens with zero attached hydrogens (tertiary/aromatic N) is 2. The molecule has 0 aliphatic carbocycles. The molecule has 5 nitrogen and oxygen atoms in total. The Morgan fingerprint density at radius 1 is 1.27 bits per heavy atom. The second-order valence-electron chi connectivity index (χ2n) is 5.68. The van der Waals surface area contributed by atoms with Gasteiger partial charge < -0.3 is 5.32 Å². The molecule has 0 aliphatic heterocycles. The van der Waals surface area contributed by atoms with Gasteiger partial charge in [0, 0.05) is 22.3 Å². The lowest BCUT2D eigenvalue weighted by Gasteiger charge is -2.05. The maximum Gasteiger partial charge on any atom is 0.320 e. The fourth-order valence-electron chi connectivity index (χ4n) is 2.58. The van der Waals surface area contributed by atoms with E-state index in [1.54, 1.807) is 12.1 Å². The summed E-state index contributed by atoms with van der Waals surface area (Å²) >= 11 is 3.01. The summed E-state index contributed by atoms with van der Waals surface area (Å²) in [5, 5.41) is 8.38. The standard InChI is InChI=1S/C18H15FN4OS2/c1-11-15(9-20-17(24)22-16-3-2-8-25-16)26-18-21-14(10-23(11)18)12-4-6-13(19)7-5-12/h2-8,10H,9H2,1H3,(H2,20,22,24). The van der Waals surface area contributed by atoms with Crippen LogP contribution < -0.4 is 10.6 Å². The zero-order chi connectivity index (χ0) is 18.1. The smallest absolute Gasteiger partial charge is 0.320 e. The van der Waals surface area contributed by atoms with Crippen LogP contribution in [0.3, 0.4) is 0 Å². The van der Waals surface area contributed by atoms with Gasteiger partial charge in [0.05, 0.1) is 17.2 Å². The molecule has 0 aliphatic rings. The van der Waals surface area contributed by atoms with Gasteiger partial charge in [-0.05, 0) is 48.7 Å². The van der Waals surface area contributed by atoms with E-state index in [1.165, 1.54) is 34.8 Å². The molecule has 0 radical (unpaired) electrons. The van der Waals surface area contributed by atoms with Crippen LogP contribution >= 0.6 is 22.7 Å². The summed E-state index contributed by atoms with van der Waals surface area (Å²) in [6.07, 6.45) is 1.93. The topological polar surface area (TPSA) is 58.4 Å². The number of fused-ring (bicyclic) bond motifs is 1. The Hall–Kier alpha value is -2.71. The molecule has 0 saturated heterocycles. The first kappa shape index (κ1) is 16.7. The summed E-state index contributed by atoms with van der Waals surface area (Å²) in [4.78, 5) is 18.5. The van der Waals surface area contributed by atoms with Crippen LogP contribution in [0, 0.1) is 12.7 Å². The molecule has 0 saturated carbocycles. The van der Waals surface area contributed by atoms with E-state index in [9.17, 15) is 9.18 Å². The third-order valence-corrected chi connectivity index (χ3v) is 5.90. The van der Waals surface area contributed by atoms with Gasteiger partial charge in [-0.3, -0.25) is 9.72 Å². The van der Waals surface area contributed by atoms with Crippen molar-refractivity contribution in [3.8, 4) is 11.3 Å². The van der Waals surface area contributed by atoms with Crippen LogP contribution in [0.2, 0.25) is 0 Å². The molecule has 1 aromatic carbocycles. The monoisotopic (exact) mass is 386 g/mol. The second-order valence-corrected chi connectivity index (χ2v) is 7.69. The molecule has 0 bridgehead atoms. The number of aryl methyl sites for hydroxylation is 1. The minimum atomic E-state index is -0.264. The first-order valence-electron chi connectivity index (χ1n) is 7.92. The molecule has 4 rings (SSSR count). The number of hydrogen-bond donors (Lipinski definition) is 2. The molecular formula is C18H15FN4OS2. The van der Waals surface area contributed by atoms with E-state index in [0.717, 1.165) is 31.8 Å². The molecule has 0 unspecified atom stereocenters. The van der Waals surface area contributed by atoms with Gasteiger partial charge in [0.25, 0.3) is 0 Å². The number of imidazole rings is 1. The van der Waals surface area contributed by atoms with Gasteiger partial charge in [0.1, 0.15) is 5.82 Å².